The number of rotatable bonds is 11. The maximum atomic E-state index is 12.8. The molecule has 1 saturated carbocycles. The summed E-state index contributed by atoms with van der Waals surface area (Å²) in [6.07, 6.45) is 6.77. The quantitative estimate of drug-likeness (QED) is 0.544. The van der Waals surface area contributed by atoms with E-state index < -0.39 is 5.60 Å². The van der Waals surface area contributed by atoms with E-state index in [0.29, 0.717) is 12.5 Å². The van der Waals surface area contributed by atoms with Gasteiger partial charge in [-0.25, -0.2) is 0 Å². The zero-order valence-electron chi connectivity index (χ0n) is 18.4. The van der Waals surface area contributed by atoms with Crippen LogP contribution in [0.15, 0.2) is 24.3 Å². The lowest BCUT2D eigenvalue weighted by atomic mass is 9.98. The molecule has 5 heteroatoms. The molecule has 2 fully saturated rings. The maximum Gasteiger partial charge on any atom is 0.256 e. The number of hydrogen-bond acceptors (Lipinski definition) is 4. The molecule has 0 radical (unpaired) electrons. The number of anilines is 1. The number of nitrogens with zero attached hydrogens (tertiary/aromatic N) is 1. The fourth-order valence-corrected chi connectivity index (χ4v) is 4.17. The molecular formula is C24H38N2O3. The lowest BCUT2D eigenvalue weighted by Gasteiger charge is -2.30. The van der Waals surface area contributed by atoms with Crippen molar-refractivity contribution in [3.63, 3.8) is 0 Å². The summed E-state index contributed by atoms with van der Waals surface area (Å²) in [5.41, 5.74) is 0.0635. The zero-order valence-corrected chi connectivity index (χ0v) is 18.4. The van der Waals surface area contributed by atoms with Gasteiger partial charge in [0.05, 0.1) is 6.61 Å². The molecule has 1 saturated heterocycles. The Hall–Kier alpha value is -1.59. The summed E-state index contributed by atoms with van der Waals surface area (Å²) < 4.78 is 11.8. The van der Waals surface area contributed by atoms with Gasteiger partial charge in [0.2, 0.25) is 0 Å². The molecule has 1 heterocycles. The Labute approximate surface area is 176 Å². The number of piperidine rings is 1. The highest BCUT2D eigenvalue weighted by molar-refractivity contribution is 5.97. The van der Waals surface area contributed by atoms with Crippen LogP contribution in [0.25, 0.3) is 0 Å². The number of carbonyl (C=O) groups is 1. The van der Waals surface area contributed by atoms with Gasteiger partial charge >= 0.3 is 0 Å². The average molecular weight is 403 g/mol. The second kappa shape index (κ2) is 10.4. The van der Waals surface area contributed by atoms with Gasteiger partial charge in [0.25, 0.3) is 5.91 Å². The summed E-state index contributed by atoms with van der Waals surface area (Å²) in [6.45, 7) is 11.2. The van der Waals surface area contributed by atoms with Crippen LogP contribution in [-0.4, -0.2) is 49.3 Å². The van der Waals surface area contributed by atoms with Crippen molar-refractivity contribution in [2.75, 3.05) is 38.2 Å². The molecule has 3 rings (SSSR count). The van der Waals surface area contributed by atoms with Crippen LogP contribution >= 0.6 is 0 Å². The molecule has 1 aromatic rings. The molecule has 29 heavy (non-hydrogen) atoms. The molecule has 1 aliphatic heterocycles. The van der Waals surface area contributed by atoms with Crippen LogP contribution < -0.4 is 10.1 Å². The van der Waals surface area contributed by atoms with E-state index in [-0.39, 0.29) is 5.91 Å². The molecule has 1 aliphatic carbocycles. The Bertz CT molecular complexity index is 644. The molecule has 0 bridgehead atoms. The SMILES string of the molecule is CCCO[C@](C)(C(=O)Nc1ccc(OCCCN2CCC[C@H](C)C2)cc1)C1CC1. The maximum absolute atomic E-state index is 12.8. The first-order chi connectivity index (χ1) is 14.0. The van der Waals surface area contributed by atoms with Crippen LogP contribution in [0.4, 0.5) is 5.69 Å². The van der Waals surface area contributed by atoms with Crippen LogP contribution in [0.1, 0.15) is 59.3 Å². The van der Waals surface area contributed by atoms with Crippen molar-refractivity contribution in [3.8, 4) is 5.75 Å². The lowest BCUT2D eigenvalue weighted by molar-refractivity contribution is -0.142. The molecule has 1 amide bonds. The number of ether oxygens (including phenoxy) is 2. The summed E-state index contributed by atoms with van der Waals surface area (Å²) in [5.74, 6) is 1.96. The summed E-state index contributed by atoms with van der Waals surface area (Å²) in [6, 6.07) is 7.68. The van der Waals surface area contributed by atoms with Crippen LogP contribution in [0.3, 0.4) is 0 Å². The van der Waals surface area contributed by atoms with Crippen molar-refractivity contribution < 1.29 is 14.3 Å². The molecule has 2 aliphatic rings. The standard InChI is InChI=1S/C24H38N2O3/c1-4-16-29-24(3,20-8-9-20)23(27)25-21-10-12-22(13-11-21)28-17-6-15-26-14-5-7-19(2)18-26/h10-13,19-20H,4-9,14-18H2,1-3H3,(H,25,27)/t19-,24-/m0/s1. The summed E-state index contributed by atoms with van der Waals surface area (Å²) in [4.78, 5) is 15.4. The second-order valence-corrected chi connectivity index (χ2v) is 8.96. The van der Waals surface area contributed by atoms with Gasteiger partial charge in [0.1, 0.15) is 11.4 Å². The third kappa shape index (κ3) is 6.45. The van der Waals surface area contributed by atoms with E-state index in [2.05, 4.69) is 24.1 Å². The van der Waals surface area contributed by atoms with Gasteiger partial charge in [0, 0.05) is 25.4 Å². The zero-order chi connectivity index (χ0) is 20.7. The van der Waals surface area contributed by atoms with Crippen LogP contribution in [0, 0.1) is 11.8 Å². The minimum atomic E-state index is -0.725. The molecular weight excluding hydrogens is 364 g/mol. The fraction of sp³-hybridized carbons (Fsp3) is 0.708. The smallest absolute Gasteiger partial charge is 0.256 e. The highest BCUT2D eigenvalue weighted by Gasteiger charge is 2.48. The number of amides is 1. The van der Waals surface area contributed by atoms with Crippen molar-refractivity contribution in [2.45, 2.75) is 64.9 Å². The molecule has 0 aromatic heterocycles. The summed E-state index contributed by atoms with van der Waals surface area (Å²) in [7, 11) is 0. The van der Waals surface area contributed by atoms with E-state index in [0.717, 1.165) is 56.2 Å². The minimum Gasteiger partial charge on any atom is -0.494 e. The average Bonchev–Trinajstić information content (AvgIpc) is 3.56. The Morgan fingerprint density at radius 3 is 2.62 bits per heavy atom. The normalized spacial score (nSPS) is 22.1. The van der Waals surface area contributed by atoms with Crippen LogP contribution in [-0.2, 0) is 9.53 Å². The monoisotopic (exact) mass is 402 g/mol. The van der Waals surface area contributed by atoms with Crippen molar-refractivity contribution in [1.29, 1.82) is 0 Å². The third-order valence-corrected chi connectivity index (χ3v) is 6.15. The third-order valence-electron chi connectivity index (χ3n) is 6.15. The fourth-order valence-electron chi connectivity index (χ4n) is 4.17. The Kier molecular flexibility index (Phi) is 7.96. The first-order valence-corrected chi connectivity index (χ1v) is 11.4. The van der Waals surface area contributed by atoms with E-state index in [4.69, 9.17) is 9.47 Å². The van der Waals surface area contributed by atoms with E-state index in [1.54, 1.807) is 0 Å². The molecule has 2 atom stereocenters. The number of hydrogen-bond donors (Lipinski definition) is 1. The Balaban J connectivity index is 1.41. The van der Waals surface area contributed by atoms with Gasteiger partial charge in [-0.1, -0.05) is 13.8 Å². The van der Waals surface area contributed by atoms with Crippen molar-refractivity contribution in [3.05, 3.63) is 24.3 Å². The number of benzene rings is 1. The highest BCUT2D eigenvalue weighted by atomic mass is 16.5. The summed E-state index contributed by atoms with van der Waals surface area (Å²) in [5, 5.41) is 3.03. The second-order valence-electron chi connectivity index (χ2n) is 8.96. The molecule has 5 nitrogen and oxygen atoms in total. The number of carbonyl (C=O) groups excluding carboxylic acids is 1. The number of nitrogens with one attached hydrogen (secondary N) is 1. The predicted octanol–water partition coefficient (Wildman–Crippen LogP) is 4.72. The van der Waals surface area contributed by atoms with E-state index >= 15 is 0 Å². The van der Waals surface area contributed by atoms with Gasteiger partial charge in [-0.2, -0.15) is 0 Å². The minimum absolute atomic E-state index is 0.0436. The van der Waals surface area contributed by atoms with E-state index in [1.165, 1.54) is 25.9 Å². The largest absolute Gasteiger partial charge is 0.494 e. The van der Waals surface area contributed by atoms with E-state index in [9.17, 15) is 4.79 Å². The summed E-state index contributed by atoms with van der Waals surface area (Å²) >= 11 is 0. The van der Waals surface area contributed by atoms with Gasteiger partial charge in [-0.3, -0.25) is 4.79 Å². The molecule has 1 aromatic carbocycles. The van der Waals surface area contributed by atoms with Gasteiger partial charge in [-0.05, 0) is 88.1 Å². The van der Waals surface area contributed by atoms with Gasteiger partial charge < -0.3 is 19.7 Å². The van der Waals surface area contributed by atoms with E-state index in [1.807, 2.05) is 31.2 Å². The Morgan fingerprint density at radius 1 is 1.21 bits per heavy atom. The first-order valence-electron chi connectivity index (χ1n) is 11.4. The van der Waals surface area contributed by atoms with Crippen LogP contribution in [0.2, 0.25) is 0 Å². The van der Waals surface area contributed by atoms with Gasteiger partial charge in [0.15, 0.2) is 0 Å². The van der Waals surface area contributed by atoms with Crippen molar-refractivity contribution in [2.24, 2.45) is 11.8 Å². The lowest BCUT2D eigenvalue weighted by Crippen LogP contribution is -2.45. The molecule has 0 spiro atoms. The number of likely N-dealkylation sites (tertiary alicyclic amines) is 1. The van der Waals surface area contributed by atoms with Gasteiger partial charge in [-0.15, -0.1) is 0 Å². The molecule has 162 valence electrons. The molecule has 0 unspecified atom stereocenters. The first kappa shape index (κ1) is 22.1. The predicted molar refractivity (Wildman–Crippen MR) is 117 cm³/mol. The Morgan fingerprint density at radius 2 is 1.97 bits per heavy atom. The topological polar surface area (TPSA) is 50.8 Å². The highest BCUT2D eigenvalue weighted by Crippen LogP contribution is 2.42. The van der Waals surface area contributed by atoms with Crippen molar-refractivity contribution in [1.82, 2.24) is 4.90 Å². The molecule has 1 N–H and O–H groups in total. The van der Waals surface area contributed by atoms with Crippen LogP contribution in [0.5, 0.6) is 5.75 Å². The van der Waals surface area contributed by atoms with Crippen molar-refractivity contribution >= 4 is 11.6 Å².